The second-order valence-corrected chi connectivity index (χ2v) is 6.85. The third-order valence-corrected chi connectivity index (χ3v) is 2.98. The van der Waals surface area contributed by atoms with Crippen LogP contribution in [-0.4, -0.2) is 82.7 Å². The highest BCUT2D eigenvalue weighted by molar-refractivity contribution is 5.77. The minimum Gasteiger partial charge on any atom is -0.460 e. The summed E-state index contributed by atoms with van der Waals surface area (Å²) in [6, 6.07) is 0. The van der Waals surface area contributed by atoms with Crippen LogP contribution in [0.1, 0.15) is 33.6 Å². The Balaban J connectivity index is 3.44. The maximum Gasteiger partial charge on any atom is 0.308 e. The third-order valence-electron chi connectivity index (χ3n) is 2.98. The van der Waals surface area contributed by atoms with E-state index < -0.39 is 5.60 Å². The van der Waals surface area contributed by atoms with Crippen LogP contribution in [0.4, 0.5) is 0 Å². The van der Waals surface area contributed by atoms with E-state index in [1.54, 1.807) is 20.8 Å². The van der Waals surface area contributed by atoms with E-state index in [0.29, 0.717) is 32.8 Å². The number of esters is 1. The molecule has 0 spiro atoms. The standard InChI is InChI=1S/C18H35N3O7/c1-18(2,3)28-17(24)5-10-26-12-7-21-16(23)14-27-13-8-20-15(22)4-9-25-11-6-19/h4-14,19H2,1-3H3,(H,20,22)(H,21,23). The monoisotopic (exact) mass is 405 g/mol. The lowest BCUT2D eigenvalue weighted by molar-refractivity contribution is -0.156. The number of carbonyl (C=O) groups excluding carboxylic acids is 3. The summed E-state index contributed by atoms with van der Waals surface area (Å²) in [6.45, 7) is 7.87. The van der Waals surface area contributed by atoms with Crippen molar-refractivity contribution in [1.82, 2.24) is 10.6 Å². The molecule has 10 heteroatoms. The zero-order valence-electron chi connectivity index (χ0n) is 17.2. The molecule has 28 heavy (non-hydrogen) atoms. The van der Waals surface area contributed by atoms with Crippen molar-refractivity contribution < 1.29 is 33.3 Å². The Morgan fingerprint density at radius 1 is 0.786 bits per heavy atom. The molecule has 10 nitrogen and oxygen atoms in total. The number of nitrogens with one attached hydrogen (secondary N) is 2. The van der Waals surface area contributed by atoms with Crippen LogP contribution >= 0.6 is 0 Å². The van der Waals surface area contributed by atoms with Gasteiger partial charge in [-0.1, -0.05) is 0 Å². The van der Waals surface area contributed by atoms with Crippen molar-refractivity contribution in [1.29, 1.82) is 0 Å². The number of nitrogens with two attached hydrogens (primary N) is 1. The molecule has 0 aromatic carbocycles. The predicted molar refractivity (Wildman–Crippen MR) is 103 cm³/mol. The molecule has 0 aromatic heterocycles. The Bertz CT molecular complexity index is 453. The lowest BCUT2D eigenvalue weighted by Gasteiger charge is -2.19. The van der Waals surface area contributed by atoms with Crippen molar-refractivity contribution in [3.05, 3.63) is 0 Å². The van der Waals surface area contributed by atoms with E-state index >= 15 is 0 Å². The van der Waals surface area contributed by atoms with E-state index in [4.69, 9.17) is 24.7 Å². The highest BCUT2D eigenvalue weighted by Crippen LogP contribution is 2.07. The molecule has 0 bridgehead atoms. The molecule has 0 heterocycles. The van der Waals surface area contributed by atoms with Crippen LogP contribution in [0.3, 0.4) is 0 Å². The van der Waals surface area contributed by atoms with Crippen molar-refractivity contribution in [3.8, 4) is 0 Å². The van der Waals surface area contributed by atoms with Crippen molar-refractivity contribution in [2.45, 2.75) is 39.2 Å². The molecule has 0 aliphatic carbocycles. The van der Waals surface area contributed by atoms with E-state index in [2.05, 4.69) is 10.6 Å². The molecule has 0 aliphatic rings. The van der Waals surface area contributed by atoms with Crippen LogP contribution in [0.25, 0.3) is 0 Å². The first-order chi connectivity index (χ1) is 13.2. The molecular formula is C18H35N3O7. The van der Waals surface area contributed by atoms with Gasteiger partial charge in [-0.05, 0) is 20.8 Å². The van der Waals surface area contributed by atoms with Gasteiger partial charge in [0, 0.05) is 26.1 Å². The third kappa shape index (κ3) is 19.0. The zero-order chi connectivity index (χ0) is 21.3. The first kappa shape index (κ1) is 26.2. The van der Waals surface area contributed by atoms with E-state index in [9.17, 15) is 14.4 Å². The summed E-state index contributed by atoms with van der Waals surface area (Å²) < 4.78 is 20.7. The fraction of sp³-hybridized carbons (Fsp3) is 0.833. The highest BCUT2D eigenvalue weighted by Gasteiger charge is 2.15. The Kier molecular flexibility index (Phi) is 15.2. The summed E-state index contributed by atoms with van der Waals surface area (Å²) in [5.74, 6) is -0.744. The Hall–Kier alpha value is -1.75. The van der Waals surface area contributed by atoms with E-state index in [1.165, 1.54) is 0 Å². The van der Waals surface area contributed by atoms with Gasteiger partial charge in [-0.15, -0.1) is 0 Å². The first-order valence-electron chi connectivity index (χ1n) is 9.43. The van der Waals surface area contributed by atoms with Crippen molar-refractivity contribution in [2.24, 2.45) is 5.73 Å². The second kappa shape index (κ2) is 16.2. The van der Waals surface area contributed by atoms with Gasteiger partial charge in [0.25, 0.3) is 0 Å². The molecule has 0 unspecified atom stereocenters. The van der Waals surface area contributed by atoms with Crippen molar-refractivity contribution in [2.75, 3.05) is 59.3 Å². The highest BCUT2D eigenvalue weighted by atomic mass is 16.6. The maximum atomic E-state index is 11.6. The lowest BCUT2D eigenvalue weighted by Crippen LogP contribution is -2.33. The number of carbonyl (C=O) groups is 3. The normalized spacial score (nSPS) is 11.1. The van der Waals surface area contributed by atoms with Crippen LogP contribution in [0, 0.1) is 0 Å². The number of hydrogen-bond donors (Lipinski definition) is 3. The van der Waals surface area contributed by atoms with Gasteiger partial charge in [-0.2, -0.15) is 0 Å². The maximum absolute atomic E-state index is 11.6. The van der Waals surface area contributed by atoms with Gasteiger partial charge in [0.15, 0.2) is 0 Å². The minimum atomic E-state index is -0.507. The SMILES string of the molecule is CC(C)(C)OC(=O)CCOCCNC(=O)COCCNC(=O)CCOCCN. The molecule has 0 fully saturated rings. The molecule has 4 N–H and O–H groups in total. The molecule has 0 aromatic rings. The molecule has 0 radical (unpaired) electrons. The van der Waals surface area contributed by atoms with Crippen LogP contribution in [0.5, 0.6) is 0 Å². The topological polar surface area (TPSA) is 138 Å². The lowest BCUT2D eigenvalue weighted by atomic mass is 10.2. The van der Waals surface area contributed by atoms with Crippen molar-refractivity contribution in [3.63, 3.8) is 0 Å². The number of hydrogen-bond acceptors (Lipinski definition) is 8. The van der Waals surface area contributed by atoms with Crippen LogP contribution in [-0.2, 0) is 33.3 Å². The van der Waals surface area contributed by atoms with E-state index in [-0.39, 0.29) is 57.1 Å². The molecule has 0 atom stereocenters. The molecule has 164 valence electrons. The molecule has 0 rings (SSSR count). The molecule has 2 amide bonds. The fourth-order valence-corrected chi connectivity index (χ4v) is 1.83. The average Bonchev–Trinajstić information content (AvgIpc) is 2.60. The Morgan fingerprint density at radius 3 is 2.00 bits per heavy atom. The van der Waals surface area contributed by atoms with Crippen LogP contribution in [0.2, 0.25) is 0 Å². The van der Waals surface area contributed by atoms with Gasteiger partial charge in [0.1, 0.15) is 12.2 Å². The predicted octanol–water partition coefficient (Wildman–Crippen LogP) is -0.651. The number of amides is 2. The van der Waals surface area contributed by atoms with E-state index in [0.717, 1.165) is 0 Å². The largest absolute Gasteiger partial charge is 0.460 e. The van der Waals surface area contributed by atoms with Gasteiger partial charge in [0.2, 0.25) is 11.8 Å². The summed E-state index contributed by atoms with van der Waals surface area (Å²) in [6.07, 6.45) is 0.424. The van der Waals surface area contributed by atoms with Crippen molar-refractivity contribution >= 4 is 17.8 Å². The molecular weight excluding hydrogens is 370 g/mol. The Labute approximate surface area is 166 Å². The molecule has 0 aliphatic heterocycles. The van der Waals surface area contributed by atoms with Gasteiger partial charge >= 0.3 is 5.97 Å². The minimum absolute atomic E-state index is 0.104. The summed E-state index contributed by atoms with van der Waals surface area (Å²) in [7, 11) is 0. The zero-order valence-corrected chi connectivity index (χ0v) is 17.2. The first-order valence-corrected chi connectivity index (χ1v) is 9.43. The quantitative estimate of drug-likeness (QED) is 0.227. The molecule has 0 saturated heterocycles. The smallest absolute Gasteiger partial charge is 0.308 e. The Morgan fingerprint density at radius 2 is 1.36 bits per heavy atom. The van der Waals surface area contributed by atoms with Gasteiger partial charge in [0.05, 0.1) is 39.5 Å². The summed E-state index contributed by atoms with van der Waals surface area (Å²) in [5.41, 5.74) is 4.76. The second-order valence-electron chi connectivity index (χ2n) is 6.85. The number of rotatable bonds is 16. The van der Waals surface area contributed by atoms with Gasteiger partial charge < -0.3 is 35.3 Å². The van der Waals surface area contributed by atoms with E-state index in [1.807, 2.05) is 0 Å². The fourth-order valence-electron chi connectivity index (χ4n) is 1.83. The van der Waals surface area contributed by atoms with Gasteiger partial charge in [-0.3, -0.25) is 14.4 Å². The summed E-state index contributed by atoms with van der Waals surface area (Å²) in [4.78, 5) is 34.5. The summed E-state index contributed by atoms with van der Waals surface area (Å²) >= 11 is 0. The van der Waals surface area contributed by atoms with Gasteiger partial charge in [-0.25, -0.2) is 0 Å². The average molecular weight is 405 g/mol. The molecule has 0 saturated carbocycles. The van der Waals surface area contributed by atoms with Crippen LogP contribution < -0.4 is 16.4 Å². The number of ether oxygens (including phenoxy) is 4. The summed E-state index contributed by atoms with van der Waals surface area (Å²) in [5, 5.41) is 5.29. The van der Waals surface area contributed by atoms with Crippen LogP contribution in [0.15, 0.2) is 0 Å².